The molecule has 0 radical (unpaired) electrons. The molecule has 9 heavy (non-hydrogen) atoms. The first-order valence-corrected chi connectivity index (χ1v) is 5.69. The van der Waals surface area contributed by atoms with Crippen LogP contribution in [0.25, 0.3) is 0 Å². The molecule has 3 nitrogen and oxygen atoms in total. The highest BCUT2D eigenvalue weighted by Gasteiger charge is 2.42. The number of rotatable bonds is 2. The maximum atomic E-state index is 10.7. The Labute approximate surface area is 59.5 Å². The standard InChI is InChI=1S/C4H9NO2S2/c1-8-5-3-4(5)9(2,6)7/h4H,3H2,1-2H3. The molecule has 0 bridgehead atoms. The van der Waals surface area contributed by atoms with Gasteiger partial charge in [0.05, 0.1) is 0 Å². The molecule has 0 aromatic rings. The third-order valence-corrected chi connectivity index (χ3v) is 3.65. The zero-order chi connectivity index (χ0) is 7.07. The Hall–Kier alpha value is 0.260. The number of hydrogen-bond donors (Lipinski definition) is 0. The molecule has 54 valence electrons. The molecule has 0 aromatic carbocycles. The molecule has 1 aliphatic heterocycles. The van der Waals surface area contributed by atoms with E-state index < -0.39 is 9.84 Å². The minimum Gasteiger partial charge on any atom is -0.229 e. The molecule has 1 rings (SSSR count). The van der Waals surface area contributed by atoms with Crippen LogP contribution in [0.1, 0.15) is 0 Å². The highest BCUT2D eigenvalue weighted by atomic mass is 32.2. The van der Waals surface area contributed by atoms with Gasteiger partial charge in [-0.05, 0) is 6.26 Å². The largest absolute Gasteiger partial charge is 0.229 e. The van der Waals surface area contributed by atoms with Crippen LogP contribution in [0.4, 0.5) is 0 Å². The van der Waals surface area contributed by atoms with Gasteiger partial charge in [-0.15, -0.1) is 0 Å². The Bertz CT molecular complexity index is 199. The molecule has 2 unspecified atom stereocenters. The molecular weight excluding hydrogens is 158 g/mol. The maximum absolute atomic E-state index is 10.7. The lowest BCUT2D eigenvalue weighted by Gasteiger charge is -1.93. The lowest BCUT2D eigenvalue weighted by Crippen LogP contribution is -2.07. The van der Waals surface area contributed by atoms with Crippen LogP contribution >= 0.6 is 11.9 Å². The van der Waals surface area contributed by atoms with Gasteiger partial charge >= 0.3 is 0 Å². The fourth-order valence-corrected chi connectivity index (χ4v) is 2.85. The van der Waals surface area contributed by atoms with Crippen LogP contribution in [0.15, 0.2) is 0 Å². The molecule has 0 amide bonds. The zero-order valence-electron chi connectivity index (χ0n) is 5.36. The summed E-state index contributed by atoms with van der Waals surface area (Å²) in [5.74, 6) is 0. The third kappa shape index (κ3) is 1.59. The Morgan fingerprint density at radius 2 is 2.22 bits per heavy atom. The van der Waals surface area contributed by atoms with E-state index >= 15 is 0 Å². The smallest absolute Gasteiger partial charge is 0.165 e. The molecule has 0 saturated carbocycles. The Morgan fingerprint density at radius 1 is 1.67 bits per heavy atom. The van der Waals surface area contributed by atoms with E-state index in [0.717, 1.165) is 0 Å². The van der Waals surface area contributed by atoms with Gasteiger partial charge in [-0.25, -0.2) is 12.7 Å². The van der Waals surface area contributed by atoms with Gasteiger partial charge in [0.1, 0.15) is 5.37 Å². The van der Waals surface area contributed by atoms with Crippen LogP contribution in [-0.4, -0.2) is 37.2 Å². The second kappa shape index (κ2) is 2.14. The Kier molecular flexibility index (Phi) is 1.75. The molecule has 2 atom stereocenters. The minimum absolute atomic E-state index is 0.201. The molecule has 0 N–H and O–H groups in total. The molecule has 0 aromatic heterocycles. The van der Waals surface area contributed by atoms with Crippen LogP contribution in [0.2, 0.25) is 0 Å². The second-order valence-electron chi connectivity index (χ2n) is 2.07. The Balaban J connectivity index is 2.53. The van der Waals surface area contributed by atoms with Crippen molar-refractivity contribution >= 4 is 21.8 Å². The average molecular weight is 167 g/mol. The van der Waals surface area contributed by atoms with Crippen LogP contribution in [0, 0.1) is 0 Å². The van der Waals surface area contributed by atoms with E-state index in [1.807, 2.05) is 10.6 Å². The molecular formula is C4H9NO2S2. The molecule has 0 aliphatic carbocycles. The molecule has 1 heterocycles. The highest BCUT2D eigenvalue weighted by molar-refractivity contribution is 7.98. The lowest BCUT2D eigenvalue weighted by molar-refractivity contribution is 0.596. The van der Waals surface area contributed by atoms with E-state index in [9.17, 15) is 8.42 Å². The summed E-state index contributed by atoms with van der Waals surface area (Å²) in [6, 6.07) is 0. The van der Waals surface area contributed by atoms with E-state index in [1.54, 1.807) is 0 Å². The number of nitrogens with zero attached hydrogens (tertiary/aromatic N) is 1. The first-order valence-electron chi connectivity index (χ1n) is 2.55. The van der Waals surface area contributed by atoms with Crippen molar-refractivity contribution in [3.8, 4) is 0 Å². The summed E-state index contributed by atoms with van der Waals surface area (Å²) in [6.45, 7) is 0.694. The summed E-state index contributed by atoms with van der Waals surface area (Å²) >= 11 is 1.48. The quantitative estimate of drug-likeness (QED) is 0.427. The maximum Gasteiger partial charge on any atom is 0.165 e. The van der Waals surface area contributed by atoms with Gasteiger partial charge in [0.2, 0.25) is 0 Å². The van der Waals surface area contributed by atoms with Crippen molar-refractivity contribution in [3.63, 3.8) is 0 Å². The van der Waals surface area contributed by atoms with Gasteiger partial charge in [0.25, 0.3) is 0 Å². The first-order chi connectivity index (χ1) is 4.05. The monoisotopic (exact) mass is 167 g/mol. The molecule has 1 aliphatic rings. The summed E-state index contributed by atoms with van der Waals surface area (Å²) in [4.78, 5) is 0. The normalized spacial score (nSPS) is 34.4. The molecule has 1 saturated heterocycles. The van der Waals surface area contributed by atoms with Crippen molar-refractivity contribution in [1.82, 2.24) is 4.31 Å². The van der Waals surface area contributed by atoms with Crippen LogP contribution in [-0.2, 0) is 9.84 Å². The van der Waals surface area contributed by atoms with Gasteiger partial charge in [-0.1, -0.05) is 11.9 Å². The molecule has 1 fully saturated rings. The average Bonchev–Trinajstić information content (AvgIpc) is 2.39. The van der Waals surface area contributed by atoms with Crippen molar-refractivity contribution in [3.05, 3.63) is 0 Å². The van der Waals surface area contributed by atoms with Crippen LogP contribution in [0.5, 0.6) is 0 Å². The first kappa shape index (κ1) is 7.37. The minimum atomic E-state index is -2.79. The van der Waals surface area contributed by atoms with Crippen molar-refractivity contribution in [2.75, 3.05) is 19.1 Å². The zero-order valence-corrected chi connectivity index (χ0v) is 7.00. The summed E-state index contributed by atoms with van der Waals surface area (Å²) < 4.78 is 23.2. The number of hydrogen-bond acceptors (Lipinski definition) is 4. The van der Waals surface area contributed by atoms with E-state index in [-0.39, 0.29) is 5.37 Å². The third-order valence-electron chi connectivity index (χ3n) is 1.25. The van der Waals surface area contributed by atoms with Crippen LogP contribution < -0.4 is 0 Å². The SMILES string of the molecule is CSN1CC1S(C)(=O)=O. The second-order valence-corrected chi connectivity index (χ2v) is 5.10. The van der Waals surface area contributed by atoms with E-state index in [2.05, 4.69) is 0 Å². The Morgan fingerprint density at radius 3 is 2.33 bits per heavy atom. The van der Waals surface area contributed by atoms with Crippen molar-refractivity contribution in [2.45, 2.75) is 5.37 Å². The lowest BCUT2D eigenvalue weighted by atomic mass is 11.0. The molecule has 0 spiro atoms. The van der Waals surface area contributed by atoms with Crippen LogP contribution in [0.3, 0.4) is 0 Å². The van der Waals surface area contributed by atoms with Gasteiger partial charge in [-0.2, -0.15) is 0 Å². The summed E-state index contributed by atoms with van der Waals surface area (Å²) in [6.07, 6.45) is 3.15. The van der Waals surface area contributed by atoms with Gasteiger partial charge in [0.15, 0.2) is 9.84 Å². The van der Waals surface area contributed by atoms with Gasteiger partial charge in [0, 0.05) is 12.8 Å². The van der Waals surface area contributed by atoms with Gasteiger partial charge < -0.3 is 0 Å². The predicted molar refractivity (Wildman–Crippen MR) is 38.9 cm³/mol. The van der Waals surface area contributed by atoms with E-state index in [1.165, 1.54) is 18.2 Å². The number of sulfone groups is 1. The van der Waals surface area contributed by atoms with Crippen molar-refractivity contribution in [1.29, 1.82) is 0 Å². The van der Waals surface area contributed by atoms with Crippen molar-refractivity contribution in [2.24, 2.45) is 0 Å². The van der Waals surface area contributed by atoms with E-state index in [4.69, 9.17) is 0 Å². The highest BCUT2D eigenvalue weighted by Crippen LogP contribution is 2.29. The molecule has 5 heteroatoms. The fourth-order valence-electron chi connectivity index (χ4n) is 0.648. The fraction of sp³-hybridized carbons (Fsp3) is 1.00. The van der Waals surface area contributed by atoms with Crippen molar-refractivity contribution < 1.29 is 8.42 Å². The summed E-state index contributed by atoms with van der Waals surface area (Å²) in [5.41, 5.74) is 0. The predicted octanol–water partition coefficient (Wildman–Crippen LogP) is -0.0493. The van der Waals surface area contributed by atoms with Gasteiger partial charge in [-0.3, -0.25) is 0 Å². The summed E-state index contributed by atoms with van der Waals surface area (Å²) in [5, 5.41) is -0.201. The topological polar surface area (TPSA) is 37.1 Å². The van der Waals surface area contributed by atoms with E-state index in [0.29, 0.717) is 6.54 Å². The summed E-state index contributed by atoms with van der Waals surface area (Å²) in [7, 11) is -2.79.